The first-order chi connectivity index (χ1) is 10.2. The molecule has 22 heavy (non-hydrogen) atoms. The van der Waals surface area contributed by atoms with Crippen molar-refractivity contribution >= 4 is 27.9 Å². The quantitative estimate of drug-likeness (QED) is 0.857. The molecule has 1 aromatic carbocycles. The molecule has 1 aliphatic rings. The molecule has 1 saturated heterocycles. The molecule has 0 saturated carbocycles. The van der Waals surface area contributed by atoms with Crippen LogP contribution in [0.4, 0.5) is 18.0 Å². The van der Waals surface area contributed by atoms with E-state index in [1.807, 2.05) is 0 Å². The van der Waals surface area contributed by atoms with Crippen molar-refractivity contribution in [3.8, 4) is 0 Å². The van der Waals surface area contributed by atoms with E-state index in [-0.39, 0.29) is 36.2 Å². The summed E-state index contributed by atoms with van der Waals surface area (Å²) in [6, 6.07) is 4.06. The van der Waals surface area contributed by atoms with Gasteiger partial charge < -0.3 is 10.0 Å². The second-order valence-corrected chi connectivity index (χ2v) is 5.65. The molecule has 0 bridgehead atoms. The lowest BCUT2D eigenvalue weighted by Gasteiger charge is -2.33. The van der Waals surface area contributed by atoms with E-state index >= 15 is 0 Å². The van der Waals surface area contributed by atoms with Crippen molar-refractivity contribution < 1.29 is 27.9 Å². The minimum Gasteiger partial charge on any atom is -0.465 e. The van der Waals surface area contributed by atoms with Gasteiger partial charge in [-0.2, -0.15) is 13.2 Å². The van der Waals surface area contributed by atoms with Crippen molar-refractivity contribution in [2.75, 3.05) is 19.6 Å². The third-order valence-electron chi connectivity index (χ3n) is 3.33. The fourth-order valence-corrected chi connectivity index (χ4v) is 2.89. The molecule has 2 rings (SSSR count). The first kappa shape index (κ1) is 16.6. The number of benzene rings is 1. The van der Waals surface area contributed by atoms with Gasteiger partial charge in [-0.25, -0.2) is 4.79 Å². The fourth-order valence-electron chi connectivity index (χ4n) is 2.26. The summed E-state index contributed by atoms with van der Waals surface area (Å²) in [5.74, 6) is -0.512. The Balaban J connectivity index is 2.21. The van der Waals surface area contributed by atoms with Gasteiger partial charge in [-0.3, -0.25) is 9.69 Å². The van der Waals surface area contributed by atoms with Crippen LogP contribution in [0.2, 0.25) is 0 Å². The summed E-state index contributed by atoms with van der Waals surface area (Å²) in [6.07, 6.45) is -5.76. The van der Waals surface area contributed by atoms with Gasteiger partial charge in [-0.15, -0.1) is 0 Å². The van der Waals surface area contributed by atoms with Gasteiger partial charge in [0.05, 0.1) is 5.56 Å². The third-order valence-corrected chi connectivity index (χ3v) is 3.99. The van der Waals surface area contributed by atoms with Crippen molar-refractivity contribution in [3.63, 3.8) is 0 Å². The normalized spacial score (nSPS) is 16.1. The Hall–Kier alpha value is -1.77. The lowest BCUT2D eigenvalue weighted by molar-refractivity contribution is -0.141. The van der Waals surface area contributed by atoms with Crippen LogP contribution in [0.25, 0.3) is 0 Å². The Kier molecular flexibility index (Phi) is 4.64. The van der Waals surface area contributed by atoms with E-state index in [9.17, 15) is 22.8 Å². The molecule has 0 unspecified atom stereocenters. The lowest BCUT2D eigenvalue weighted by Crippen LogP contribution is -2.51. The summed E-state index contributed by atoms with van der Waals surface area (Å²) >= 11 is 2.88. The Morgan fingerprint density at radius 1 is 1.32 bits per heavy atom. The summed E-state index contributed by atoms with van der Waals surface area (Å²) < 4.78 is 39.2. The minimum absolute atomic E-state index is 0.0287. The summed E-state index contributed by atoms with van der Waals surface area (Å²) in [7, 11) is 0. The van der Waals surface area contributed by atoms with Gasteiger partial charge in [-0.1, -0.05) is 28.1 Å². The van der Waals surface area contributed by atoms with Crippen LogP contribution >= 0.6 is 15.9 Å². The number of amides is 2. The van der Waals surface area contributed by atoms with Crippen LogP contribution in [0.5, 0.6) is 0 Å². The molecule has 1 aromatic rings. The number of carboxylic acid groups (broad SMARTS) is 1. The van der Waals surface area contributed by atoms with Crippen molar-refractivity contribution in [1.82, 2.24) is 9.80 Å². The van der Waals surface area contributed by atoms with Crippen LogP contribution < -0.4 is 0 Å². The number of carbonyl (C=O) groups excluding carboxylic acids is 1. The molecule has 2 amide bonds. The molecule has 0 aromatic heterocycles. The maximum absolute atomic E-state index is 13.1. The topological polar surface area (TPSA) is 60.9 Å². The van der Waals surface area contributed by atoms with E-state index in [1.54, 1.807) is 0 Å². The van der Waals surface area contributed by atoms with E-state index in [1.165, 1.54) is 23.1 Å². The second-order valence-electron chi connectivity index (χ2n) is 4.79. The average molecular weight is 381 g/mol. The maximum Gasteiger partial charge on any atom is 0.417 e. The molecular formula is C13H12BrF3N2O3. The SMILES string of the molecule is O=C(O)N1CCN(Cc2cccc(Br)c2C(F)(F)F)C(=O)C1. The summed E-state index contributed by atoms with van der Waals surface area (Å²) in [4.78, 5) is 24.9. The zero-order valence-electron chi connectivity index (χ0n) is 11.2. The van der Waals surface area contributed by atoms with Gasteiger partial charge in [0.25, 0.3) is 0 Å². The van der Waals surface area contributed by atoms with Gasteiger partial charge >= 0.3 is 12.3 Å². The standard InChI is InChI=1S/C13H12BrF3N2O3/c14-9-3-1-2-8(11(9)13(15,16)17)6-18-4-5-19(12(21)22)7-10(18)20/h1-3H,4-7H2,(H,21,22). The minimum atomic E-state index is -4.54. The monoisotopic (exact) mass is 380 g/mol. The second kappa shape index (κ2) is 6.15. The Morgan fingerprint density at radius 2 is 2.00 bits per heavy atom. The number of hydrogen-bond acceptors (Lipinski definition) is 2. The highest BCUT2D eigenvalue weighted by Crippen LogP contribution is 2.37. The summed E-state index contributed by atoms with van der Waals surface area (Å²) in [5.41, 5.74) is -0.845. The van der Waals surface area contributed by atoms with Crippen molar-refractivity contribution in [2.45, 2.75) is 12.7 Å². The molecule has 9 heteroatoms. The van der Waals surface area contributed by atoms with Crippen LogP contribution in [-0.2, 0) is 17.5 Å². The summed E-state index contributed by atoms with van der Waals surface area (Å²) in [5, 5.41) is 8.82. The van der Waals surface area contributed by atoms with Crippen LogP contribution in [0, 0.1) is 0 Å². The van der Waals surface area contributed by atoms with Crippen molar-refractivity contribution in [2.24, 2.45) is 0 Å². The molecule has 1 heterocycles. The number of piperazine rings is 1. The molecular weight excluding hydrogens is 369 g/mol. The van der Waals surface area contributed by atoms with E-state index in [2.05, 4.69) is 15.9 Å². The molecule has 120 valence electrons. The first-order valence-corrected chi connectivity index (χ1v) is 7.09. The first-order valence-electron chi connectivity index (χ1n) is 6.30. The Morgan fingerprint density at radius 3 is 2.55 bits per heavy atom. The fraction of sp³-hybridized carbons (Fsp3) is 0.385. The summed E-state index contributed by atoms with van der Waals surface area (Å²) in [6.45, 7) is -0.406. The van der Waals surface area contributed by atoms with E-state index in [0.29, 0.717) is 0 Å². The largest absolute Gasteiger partial charge is 0.465 e. The number of halogens is 4. The van der Waals surface area contributed by atoms with Crippen LogP contribution in [0.15, 0.2) is 22.7 Å². The van der Waals surface area contributed by atoms with Crippen molar-refractivity contribution in [3.05, 3.63) is 33.8 Å². The van der Waals surface area contributed by atoms with Crippen LogP contribution in [0.1, 0.15) is 11.1 Å². The molecule has 0 atom stereocenters. The highest BCUT2D eigenvalue weighted by molar-refractivity contribution is 9.10. The molecule has 5 nitrogen and oxygen atoms in total. The number of rotatable bonds is 2. The zero-order chi connectivity index (χ0) is 16.5. The predicted octanol–water partition coefficient (Wildman–Crippen LogP) is 2.79. The Labute approximate surface area is 132 Å². The van der Waals surface area contributed by atoms with Gasteiger partial charge in [0.15, 0.2) is 0 Å². The van der Waals surface area contributed by atoms with E-state index in [0.717, 1.165) is 4.90 Å². The zero-order valence-corrected chi connectivity index (χ0v) is 12.8. The number of carbonyl (C=O) groups is 2. The number of alkyl halides is 3. The molecule has 1 fully saturated rings. The number of nitrogens with zero attached hydrogens (tertiary/aromatic N) is 2. The molecule has 1 N–H and O–H groups in total. The van der Waals surface area contributed by atoms with E-state index in [4.69, 9.17) is 5.11 Å². The third kappa shape index (κ3) is 3.52. The smallest absolute Gasteiger partial charge is 0.417 e. The number of hydrogen-bond donors (Lipinski definition) is 1. The van der Waals surface area contributed by atoms with Crippen molar-refractivity contribution in [1.29, 1.82) is 0 Å². The van der Waals surface area contributed by atoms with Gasteiger partial charge in [-0.05, 0) is 11.6 Å². The Bertz CT molecular complexity index is 607. The molecule has 0 spiro atoms. The highest BCUT2D eigenvalue weighted by Gasteiger charge is 2.36. The van der Waals surface area contributed by atoms with Crippen LogP contribution in [-0.4, -0.2) is 46.5 Å². The maximum atomic E-state index is 13.1. The molecule has 0 aliphatic carbocycles. The lowest BCUT2D eigenvalue weighted by atomic mass is 10.1. The predicted molar refractivity (Wildman–Crippen MR) is 74.2 cm³/mol. The van der Waals surface area contributed by atoms with Gasteiger partial charge in [0, 0.05) is 24.1 Å². The average Bonchev–Trinajstić information content (AvgIpc) is 2.39. The highest BCUT2D eigenvalue weighted by atomic mass is 79.9. The van der Waals surface area contributed by atoms with Gasteiger partial charge in [0.1, 0.15) is 6.54 Å². The molecule has 0 radical (unpaired) electrons. The van der Waals surface area contributed by atoms with Crippen LogP contribution in [0.3, 0.4) is 0 Å². The molecule has 1 aliphatic heterocycles. The van der Waals surface area contributed by atoms with Gasteiger partial charge in [0.2, 0.25) is 5.91 Å². The van der Waals surface area contributed by atoms with E-state index < -0.39 is 23.7 Å².